The summed E-state index contributed by atoms with van der Waals surface area (Å²) in [6, 6.07) is 0.0756. The highest BCUT2D eigenvalue weighted by molar-refractivity contribution is 8.00. The second-order valence-corrected chi connectivity index (χ2v) is 8.77. The van der Waals surface area contributed by atoms with Crippen LogP contribution in [-0.2, 0) is 4.79 Å². The zero-order chi connectivity index (χ0) is 18.9. The van der Waals surface area contributed by atoms with E-state index in [1.165, 1.54) is 12.2 Å². The van der Waals surface area contributed by atoms with Crippen LogP contribution >= 0.6 is 11.8 Å². The number of carbonyl (C=O) groups is 1. The third-order valence-corrected chi connectivity index (χ3v) is 6.56. The average Bonchev–Trinajstić information content (AvgIpc) is 3.11. The van der Waals surface area contributed by atoms with E-state index in [-0.39, 0.29) is 11.9 Å². The Morgan fingerprint density at radius 2 is 2.12 bits per heavy atom. The van der Waals surface area contributed by atoms with E-state index in [1.807, 2.05) is 14.1 Å². The number of aliphatic imine (C=N–C) groups is 1. The first-order valence-corrected chi connectivity index (χ1v) is 11.2. The lowest BCUT2D eigenvalue weighted by Crippen LogP contribution is -2.48. The summed E-state index contributed by atoms with van der Waals surface area (Å²) in [5, 5.41) is 4.18. The number of carbonyl (C=O) groups excluding carboxylic acids is 1. The summed E-state index contributed by atoms with van der Waals surface area (Å²) in [5.74, 6) is 2.50. The zero-order valence-corrected chi connectivity index (χ0v) is 17.9. The minimum Gasteiger partial charge on any atom is -0.357 e. The molecular formula is C19H37N5OS. The molecule has 6 nitrogen and oxygen atoms in total. The Kier molecular flexibility index (Phi) is 9.05. The number of hydrogen-bond acceptors (Lipinski definition) is 4. The highest BCUT2D eigenvalue weighted by atomic mass is 32.2. The standard InChI is InChI=1S/C19H37N5OS/c1-5-16-15-24(13-14-26-16)19(20-6-2)21-10-8-12-23-11-7-9-17(23)18(25)22(3)4/h16-17H,5-15H2,1-4H3,(H,20,21). The number of likely N-dealkylation sites (tertiary alicyclic amines) is 1. The second-order valence-electron chi connectivity index (χ2n) is 7.36. The zero-order valence-electron chi connectivity index (χ0n) is 17.0. The monoisotopic (exact) mass is 383 g/mol. The SMILES string of the molecule is CCNC(=NCCCN1CCCC1C(=O)N(C)C)N1CCSC(CC)C1. The maximum Gasteiger partial charge on any atom is 0.239 e. The molecule has 2 aliphatic heterocycles. The van der Waals surface area contributed by atoms with E-state index in [1.54, 1.807) is 4.90 Å². The molecule has 2 unspecified atom stereocenters. The Morgan fingerprint density at radius 3 is 2.81 bits per heavy atom. The van der Waals surface area contributed by atoms with Crippen LogP contribution in [-0.4, -0.2) is 97.0 Å². The van der Waals surface area contributed by atoms with Crippen LogP contribution in [0.4, 0.5) is 0 Å². The van der Waals surface area contributed by atoms with E-state index in [2.05, 4.69) is 40.7 Å². The van der Waals surface area contributed by atoms with Gasteiger partial charge in [0.2, 0.25) is 5.91 Å². The fourth-order valence-electron chi connectivity index (χ4n) is 3.71. The van der Waals surface area contributed by atoms with Gasteiger partial charge in [-0.2, -0.15) is 11.8 Å². The molecule has 0 radical (unpaired) electrons. The van der Waals surface area contributed by atoms with Gasteiger partial charge >= 0.3 is 0 Å². The first kappa shape index (κ1) is 21.4. The Balaban J connectivity index is 1.83. The molecule has 1 amide bonds. The van der Waals surface area contributed by atoms with Gasteiger partial charge < -0.3 is 15.1 Å². The van der Waals surface area contributed by atoms with Crippen LogP contribution in [0.3, 0.4) is 0 Å². The normalized spacial score (nSPS) is 24.8. The Morgan fingerprint density at radius 1 is 1.31 bits per heavy atom. The van der Waals surface area contributed by atoms with Gasteiger partial charge in [-0.3, -0.25) is 14.7 Å². The molecule has 2 heterocycles. The van der Waals surface area contributed by atoms with Gasteiger partial charge in [-0.15, -0.1) is 0 Å². The van der Waals surface area contributed by atoms with Crippen LogP contribution in [0.15, 0.2) is 4.99 Å². The third kappa shape index (κ3) is 6.05. The van der Waals surface area contributed by atoms with Crippen LogP contribution < -0.4 is 5.32 Å². The molecule has 2 atom stereocenters. The van der Waals surface area contributed by atoms with Gasteiger partial charge in [0.25, 0.3) is 0 Å². The van der Waals surface area contributed by atoms with Gasteiger partial charge in [0.1, 0.15) is 0 Å². The lowest BCUT2D eigenvalue weighted by atomic mass is 10.2. The van der Waals surface area contributed by atoms with Crippen LogP contribution in [0.25, 0.3) is 0 Å². The molecule has 1 N–H and O–H groups in total. The van der Waals surface area contributed by atoms with Gasteiger partial charge in [-0.05, 0) is 39.2 Å². The number of hydrogen-bond donors (Lipinski definition) is 1. The molecule has 2 rings (SSSR count). The van der Waals surface area contributed by atoms with Crippen molar-refractivity contribution in [3.8, 4) is 0 Å². The van der Waals surface area contributed by atoms with Crippen molar-refractivity contribution in [1.82, 2.24) is 20.0 Å². The average molecular weight is 384 g/mol. The van der Waals surface area contributed by atoms with Gasteiger partial charge in [0.05, 0.1) is 6.04 Å². The number of nitrogens with one attached hydrogen (secondary N) is 1. The van der Waals surface area contributed by atoms with E-state index in [0.717, 1.165) is 69.7 Å². The number of nitrogens with zero attached hydrogens (tertiary/aromatic N) is 4. The predicted molar refractivity (Wildman–Crippen MR) is 112 cm³/mol. The summed E-state index contributed by atoms with van der Waals surface area (Å²) in [7, 11) is 3.71. The molecule has 0 aromatic rings. The van der Waals surface area contributed by atoms with Gasteiger partial charge in [0, 0.05) is 57.8 Å². The first-order valence-electron chi connectivity index (χ1n) is 10.2. The molecule has 150 valence electrons. The van der Waals surface area contributed by atoms with E-state index in [0.29, 0.717) is 0 Å². The molecule has 0 bridgehead atoms. The fourth-order valence-corrected chi connectivity index (χ4v) is 4.89. The Hall–Kier alpha value is -0.950. The van der Waals surface area contributed by atoms with Crippen molar-refractivity contribution in [2.24, 2.45) is 4.99 Å². The lowest BCUT2D eigenvalue weighted by molar-refractivity contribution is -0.133. The summed E-state index contributed by atoms with van der Waals surface area (Å²) in [4.78, 5) is 23.6. The molecule has 0 aliphatic carbocycles. The van der Waals surface area contributed by atoms with Crippen molar-refractivity contribution in [3.63, 3.8) is 0 Å². The molecule has 2 aliphatic rings. The lowest BCUT2D eigenvalue weighted by Gasteiger charge is -2.34. The van der Waals surface area contributed by atoms with E-state index < -0.39 is 0 Å². The maximum atomic E-state index is 12.3. The number of thioether (sulfide) groups is 1. The Bertz CT molecular complexity index is 471. The minimum atomic E-state index is 0.0756. The molecule has 0 aromatic heterocycles. The number of guanidine groups is 1. The van der Waals surface area contributed by atoms with Crippen LogP contribution in [0.5, 0.6) is 0 Å². The molecule has 0 saturated carbocycles. The van der Waals surface area contributed by atoms with Gasteiger partial charge in [-0.1, -0.05) is 6.92 Å². The fraction of sp³-hybridized carbons (Fsp3) is 0.895. The van der Waals surface area contributed by atoms with Crippen molar-refractivity contribution < 1.29 is 4.79 Å². The van der Waals surface area contributed by atoms with Gasteiger partial charge in [-0.25, -0.2) is 0 Å². The number of rotatable bonds is 7. The van der Waals surface area contributed by atoms with Crippen LogP contribution in [0.2, 0.25) is 0 Å². The summed E-state index contributed by atoms with van der Waals surface area (Å²) >= 11 is 2.09. The number of amides is 1. The van der Waals surface area contributed by atoms with Crippen LogP contribution in [0, 0.1) is 0 Å². The summed E-state index contributed by atoms with van der Waals surface area (Å²) in [6.07, 6.45) is 4.34. The summed E-state index contributed by atoms with van der Waals surface area (Å²) < 4.78 is 0. The Labute approximate surface area is 163 Å². The third-order valence-electron chi connectivity index (χ3n) is 5.18. The molecule has 0 aromatic carbocycles. The van der Waals surface area contributed by atoms with E-state index in [4.69, 9.17) is 4.99 Å². The smallest absolute Gasteiger partial charge is 0.239 e. The van der Waals surface area contributed by atoms with E-state index >= 15 is 0 Å². The minimum absolute atomic E-state index is 0.0756. The molecule has 0 spiro atoms. The quantitative estimate of drug-likeness (QED) is 0.412. The number of likely N-dealkylation sites (N-methyl/N-ethyl adjacent to an activating group) is 1. The highest BCUT2D eigenvalue weighted by Crippen LogP contribution is 2.21. The maximum absolute atomic E-state index is 12.3. The molecule has 7 heteroatoms. The van der Waals surface area contributed by atoms with Crippen molar-refractivity contribution in [1.29, 1.82) is 0 Å². The van der Waals surface area contributed by atoms with E-state index in [9.17, 15) is 4.79 Å². The van der Waals surface area contributed by atoms with Crippen molar-refractivity contribution in [3.05, 3.63) is 0 Å². The molecule has 2 saturated heterocycles. The molecule has 2 fully saturated rings. The first-order chi connectivity index (χ1) is 12.6. The molecule has 26 heavy (non-hydrogen) atoms. The summed E-state index contributed by atoms with van der Waals surface area (Å²) in [5.41, 5.74) is 0. The van der Waals surface area contributed by atoms with Crippen molar-refractivity contribution in [2.75, 3.05) is 59.1 Å². The molecular weight excluding hydrogens is 346 g/mol. The van der Waals surface area contributed by atoms with Gasteiger partial charge in [0.15, 0.2) is 5.96 Å². The summed E-state index contributed by atoms with van der Waals surface area (Å²) in [6.45, 7) is 10.3. The second kappa shape index (κ2) is 11.0. The van der Waals surface area contributed by atoms with Crippen molar-refractivity contribution >= 4 is 23.6 Å². The topological polar surface area (TPSA) is 51.2 Å². The highest BCUT2D eigenvalue weighted by Gasteiger charge is 2.31. The largest absolute Gasteiger partial charge is 0.357 e. The van der Waals surface area contributed by atoms with Crippen molar-refractivity contribution in [2.45, 2.75) is 50.8 Å². The van der Waals surface area contributed by atoms with Crippen LogP contribution in [0.1, 0.15) is 39.5 Å². The predicted octanol–water partition coefficient (Wildman–Crippen LogP) is 1.72.